The zero-order valence-corrected chi connectivity index (χ0v) is 9.61. The van der Waals surface area contributed by atoms with E-state index in [9.17, 15) is 0 Å². The molecular formula is C11H12ClN3O. The molecule has 2 rings (SSSR count). The average Bonchev–Trinajstić information content (AvgIpc) is 2.59. The molecule has 0 unspecified atom stereocenters. The molecule has 0 radical (unpaired) electrons. The van der Waals surface area contributed by atoms with Gasteiger partial charge >= 0.3 is 0 Å². The van der Waals surface area contributed by atoms with Crippen LogP contribution in [0.15, 0.2) is 30.3 Å². The number of aromatic nitrogens is 2. The average molecular weight is 238 g/mol. The molecule has 2 aromatic rings. The molecule has 0 saturated carbocycles. The fraction of sp³-hybridized carbons (Fsp3) is 0.182. The van der Waals surface area contributed by atoms with E-state index in [0.29, 0.717) is 23.1 Å². The second-order valence-electron chi connectivity index (χ2n) is 3.33. The van der Waals surface area contributed by atoms with E-state index in [-0.39, 0.29) is 0 Å². The van der Waals surface area contributed by atoms with E-state index < -0.39 is 0 Å². The number of hydrogen-bond acceptors (Lipinski definition) is 3. The first-order valence-electron chi connectivity index (χ1n) is 4.81. The molecule has 1 heterocycles. The molecule has 2 N–H and O–H groups in total. The first-order chi connectivity index (χ1) is 7.74. The Balaban J connectivity index is 2.46. The van der Waals surface area contributed by atoms with Gasteiger partial charge in [0.05, 0.1) is 12.3 Å². The summed E-state index contributed by atoms with van der Waals surface area (Å²) in [5.74, 6) is 0.430. The number of ether oxygens (including phenoxy) is 1. The lowest BCUT2D eigenvalue weighted by Crippen LogP contribution is -2.01. The number of rotatable bonds is 3. The molecule has 4 nitrogen and oxygen atoms in total. The third-order valence-corrected chi connectivity index (χ3v) is 2.62. The third-order valence-electron chi connectivity index (χ3n) is 2.21. The molecule has 0 aliphatic rings. The monoisotopic (exact) mass is 237 g/mol. The standard InChI is InChI=1S/C11H12ClN3O/c1-16-7-9-10(12)11(13)15(14-9)8-5-3-2-4-6-8/h2-6H,7,13H2,1H3. The Hall–Kier alpha value is -1.52. The molecule has 0 amide bonds. The van der Waals surface area contributed by atoms with E-state index >= 15 is 0 Å². The zero-order valence-electron chi connectivity index (χ0n) is 8.85. The maximum absolute atomic E-state index is 6.05. The molecule has 0 spiro atoms. The second-order valence-corrected chi connectivity index (χ2v) is 3.70. The van der Waals surface area contributed by atoms with Crippen molar-refractivity contribution in [3.63, 3.8) is 0 Å². The van der Waals surface area contributed by atoms with Crippen LogP contribution in [0, 0.1) is 0 Å². The van der Waals surface area contributed by atoms with Gasteiger partial charge in [-0.1, -0.05) is 29.8 Å². The lowest BCUT2D eigenvalue weighted by atomic mass is 10.3. The van der Waals surface area contributed by atoms with Crippen molar-refractivity contribution in [2.75, 3.05) is 12.8 Å². The van der Waals surface area contributed by atoms with Crippen molar-refractivity contribution in [2.45, 2.75) is 6.61 Å². The topological polar surface area (TPSA) is 53.1 Å². The highest BCUT2D eigenvalue weighted by atomic mass is 35.5. The number of nitrogen functional groups attached to an aromatic ring is 1. The Bertz CT molecular complexity index is 481. The van der Waals surface area contributed by atoms with Gasteiger partial charge in [0.2, 0.25) is 0 Å². The Kier molecular flexibility index (Phi) is 3.12. The smallest absolute Gasteiger partial charge is 0.146 e. The van der Waals surface area contributed by atoms with E-state index in [4.69, 9.17) is 22.1 Å². The van der Waals surface area contributed by atoms with Crippen molar-refractivity contribution in [3.8, 4) is 5.69 Å². The molecule has 0 fully saturated rings. The van der Waals surface area contributed by atoms with Gasteiger partial charge in [0.25, 0.3) is 0 Å². The Labute approximate surface area is 98.6 Å². The van der Waals surface area contributed by atoms with Crippen LogP contribution in [0.4, 0.5) is 5.82 Å². The summed E-state index contributed by atoms with van der Waals surface area (Å²) in [4.78, 5) is 0. The van der Waals surface area contributed by atoms with Gasteiger partial charge < -0.3 is 10.5 Å². The van der Waals surface area contributed by atoms with Crippen molar-refractivity contribution in [1.82, 2.24) is 9.78 Å². The number of halogens is 1. The molecule has 5 heteroatoms. The van der Waals surface area contributed by atoms with Crippen molar-refractivity contribution in [2.24, 2.45) is 0 Å². The number of hydrogen-bond donors (Lipinski definition) is 1. The number of benzene rings is 1. The largest absolute Gasteiger partial charge is 0.382 e. The third kappa shape index (κ3) is 1.89. The molecule has 1 aromatic heterocycles. The van der Waals surface area contributed by atoms with Crippen LogP contribution in [0.1, 0.15) is 5.69 Å². The zero-order chi connectivity index (χ0) is 11.5. The summed E-state index contributed by atoms with van der Waals surface area (Å²) in [5, 5.41) is 4.75. The summed E-state index contributed by atoms with van der Waals surface area (Å²) in [5.41, 5.74) is 7.40. The van der Waals surface area contributed by atoms with Gasteiger partial charge in [0, 0.05) is 7.11 Å². The first-order valence-corrected chi connectivity index (χ1v) is 5.19. The van der Waals surface area contributed by atoms with Crippen molar-refractivity contribution in [3.05, 3.63) is 41.0 Å². The molecule has 0 aliphatic carbocycles. The Morgan fingerprint density at radius 1 is 1.38 bits per heavy atom. The second kappa shape index (κ2) is 4.55. The minimum absolute atomic E-state index is 0.350. The summed E-state index contributed by atoms with van der Waals surface area (Å²) < 4.78 is 6.60. The summed E-state index contributed by atoms with van der Waals surface area (Å²) in [6, 6.07) is 9.59. The van der Waals surface area contributed by atoms with Crippen LogP contribution in [0.2, 0.25) is 5.02 Å². The van der Waals surface area contributed by atoms with E-state index in [2.05, 4.69) is 5.10 Å². The highest BCUT2D eigenvalue weighted by Crippen LogP contribution is 2.26. The number of para-hydroxylation sites is 1. The van der Waals surface area contributed by atoms with E-state index in [1.165, 1.54) is 0 Å². The van der Waals surface area contributed by atoms with Gasteiger partial charge in [-0.15, -0.1) is 0 Å². The predicted octanol–water partition coefficient (Wildman–Crippen LogP) is 2.25. The van der Waals surface area contributed by atoms with Crippen LogP contribution in [0.3, 0.4) is 0 Å². The van der Waals surface area contributed by atoms with Crippen molar-refractivity contribution >= 4 is 17.4 Å². The van der Waals surface area contributed by atoms with Crippen LogP contribution in [0.5, 0.6) is 0 Å². The lowest BCUT2D eigenvalue weighted by molar-refractivity contribution is 0.181. The van der Waals surface area contributed by atoms with E-state index in [0.717, 1.165) is 5.69 Å². The van der Waals surface area contributed by atoms with Crippen LogP contribution in [-0.2, 0) is 11.3 Å². The van der Waals surface area contributed by atoms with E-state index in [1.54, 1.807) is 11.8 Å². The SMILES string of the molecule is COCc1nn(-c2ccccc2)c(N)c1Cl. The first kappa shape index (κ1) is 11.0. The highest BCUT2D eigenvalue weighted by molar-refractivity contribution is 6.33. The minimum atomic E-state index is 0.350. The molecule has 0 bridgehead atoms. The number of methoxy groups -OCH3 is 1. The summed E-state index contributed by atoms with van der Waals surface area (Å²) in [6.45, 7) is 0.350. The number of anilines is 1. The van der Waals surface area contributed by atoms with Gasteiger partial charge in [-0.2, -0.15) is 5.10 Å². The molecular weight excluding hydrogens is 226 g/mol. The Morgan fingerprint density at radius 2 is 2.06 bits per heavy atom. The molecule has 1 aromatic carbocycles. The maximum Gasteiger partial charge on any atom is 0.146 e. The fourth-order valence-corrected chi connectivity index (χ4v) is 1.63. The molecule has 16 heavy (non-hydrogen) atoms. The fourth-order valence-electron chi connectivity index (χ4n) is 1.45. The normalized spacial score (nSPS) is 10.6. The molecule has 0 saturated heterocycles. The molecule has 84 valence electrons. The minimum Gasteiger partial charge on any atom is -0.382 e. The van der Waals surface area contributed by atoms with Gasteiger partial charge in [-0.3, -0.25) is 0 Å². The predicted molar refractivity (Wildman–Crippen MR) is 63.7 cm³/mol. The van der Waals surface area contributed by atoms with Crippen molar-refractivity contribution < 1.29 is 4.74 Å². The lowest BCUT2D eigenvalue weighted by Gasteiger charge is -2.02. The maximum atomic E-state index is 6.05. The summed E-state index contributed by atoms with van der Waals surface area (Å²) in [6.07, 6.45) is 0. The van der Waals surface area contributed by atoms with Gasteiger partial charge in [-0.05, 0) is 12.1 Å². The quantitative estimate of drug-likeness (QED) is 0.891. The molecule has 0 atom stereocenters. The summed E-state index contributed by atoms with van der Waals surface area (Å²) >= 11 is 6.05. The molecule has 0 aliphatic heterocycles. The number of nitrogens with zero attached hydrogens (tertiary/aromatic N) is 2. The van der Waals surface area contributed by atoms with Crippen LogP contribution in [0.25, 0.3) is 5.69 Å². The van der Waals surface area contributed by atoms with Crippen LogP contribution >= 0.6 is 11.6 Å². The highest BCUT2D eigenvalue weighted by Gasteiger charge is 2.14. The van der Waals surface area contributed by atoms with Crippen molar-refractivity contribution in [1.29, 1.82) is 0 Å². The number of nitrogens with two attached hydrogens (primary N) is 1. The van der Waals surface area contributed by atoms with E-state index in [1.807, 2.05) is 30.3 Å². The van der Waals surface area contributed by atoms with Gasteiger partial charge in [-0.25, -0.2) is 4.68 Å². The van der Waals surface area contributed by atoms with Gasteiger partial charge in [0.1, 0.15) is 16.5 Å². The summed E-state index contributed by atoms with van der Waals surface area (Å²) in [7, 11) is 1.59. The van der Waals surface area contributed by atoms with Crippen LogP contribution in [-0.4, -0.2) is 16.9 Å². The Morgan fingerprint density at radius 3 is 2.69 bits per heavy atom. The van der Waals surface area contributed by atoms with Gasteiger partial charge in [0.15, 0.2) is 0 Å². The van der Waals surface area contributed by atoms with Crippen LogP contribution < -0.4 is 5.73 Å².